The lowest BCUT2D eigenvalue weighted by Gasteiger charge is -2.19. The van der Waals surface area contributed by atoms with Crippen molar-refractivity contribution in [2.24, 2.45) is 0 Å². The zero-order valence-corrected chi connectivity index (χ0v) is 16.5. The average molecular weight is 388 g/mol. The number of amides is 1. The molecule has 2 aromatic rings. The number of ether oxygens (including phenoxy) is 1. The van der Waals surface area contributed by atoms with E-state index in [0.29, 0.717) is 12.1 Å². The zero-order valence-electron chi connectivity index (χ0n) is 15.7. The van der Waals surface area contributed by atoms with E-state index < -0.39 is 10.0 Å². The van der Waals surface area contributed by atoms with Crippen LogP contribution in [0.1, 0.15) is 34.3 Å². The molecule has 1 aliphatic carbocycles. The Morgan fingerprint density at radius 1 is 1.19 bits per heavy atom. The molecule has 3 rings (SSSR count). The number of carbonyl (C=O) groups excluding carboxylic acids is 1. The molecule has 2 aromatic carbocycles. The molecule has 144 valence electrons. The van der Waals surface area contributed by atoms with Crippen LogP contribution in [-0.2, 0) is 16.6 Å². The first kappa shape index (κ1) is 19.4. The van der Waals surface area contributed by atoms with E-state index in [2.05, 4.69) is 4.72 Å². The van der Waals surface area contributed by atoms with Gasteiger partial charge in [-0.25, -0.2) is 13.1 Å². The third-order valence-electron chi connectivity index (χ3n) is 4.49. The molecule has 0 atom stereocenters. The Morgan fingerprint density at radius 2 is 1.85 bits per heavy atom. The molecule has 6 nitrogen and oxygen atoms in total. The van der Waals surface area contributed by atoms with E-state index in [1.807, 2.05) is 31.2 Å². The van der Waals surface area contributed by atoms with E-state index in [1.54, 1.807) is 18.0 Å². The van der Waals surface area contributed by atoms with Gasteiger partial charge in [-0.15, -0.1) is 0 Å². The lowest BCUT2D eigenvalue weighted by molar-refractivity contribution is 0.0785. The van der Waals surface area contributed by atoms with Crippen molar-refractivity contribution < 1.29 is 17.9 Å². The highest BCUT2D eigenvalue weighted by atomic mass is 32.2. The molecule has 0 heterocycles. The summed E-state index contributed by atoms with van der Waals surface area (Å²) in [5.41, 5.74) is 2.47. The molecule has 0 bridgehead atoms. The Kier molecular flexibility index (Phi) is 5.53. The molecular formula is C20H24N2O4S. The van der Waals surface area contributed by atoms with Crippen LogP contribution < -0.4 is 9.46 Å². The van der Waals surface area contributed by atoms with Crippen LogP contribution in [0.15, 0.2) is 47.4 Å². The van der Waals surface area contributed by atoms with Crippen LogP contribution in [0.5, 0.6) is 5.75 Å². The second kappa shape index (κ2) is 7.70. The maximum absolute atomic E-state index is 12.8. The topological polar surface area (TPSA) is 75.7 Å². The summed E-state index contributed by atoms with van der Waals surface area (Å²) in [5, 5.41) is 0. The zero-order chi connectivity index (χ0) is 19.6. The standard InChI is InChI=1S/C20H24N2O4S/c1-14-4-6-15(7-5-14)13-22(2)20(23)16-8-11-18(26-3)19(12-16)27(24,25)21-17-9-10-17/h4-8,11-12,17,21H,9-10,13H2,1-3H3. The van der Waals surface area contributed by atoms with Gasteiger partial charge >= 0.3 is 0 Å². The summed E-state index contributed by atoms with van der Waals surface area (Å²) >= 11 is 0. The molecule has 0 aromatic heterocycles. The molecule has 0 saturated heterocycles. The fourth-order valence-electron chi connectivity index (χ4n) is 2.76. The Hall–Kier alpha value is -2.38. The normalized spacial score (nSPS) is 14.0. The number of methoxy groups -OCH3 is 1. The first-order valence-electron chi connectivity index (χ1n) is 8.81. The van der Waals surface area contributed by atoms with Gasteiger partial charge in [0.15, 0.2) is 0 Å². The van der Waals surface area contributed by atoms with Crippen molar-refractivity contribution in [3.63, 3.8) is 0 Å². The Balaban J connectivity index is 1.83. The van der Waals surface area contributed by atoms with Crippen molar-refractivity contribution in [1.82, 2.24) is 9.62 Å². The first-order valence-corrected chi connectivity index (χ1v) is 10.3. The van der Waals surface area contributed by atoms with Crippen LogP contribution in [0.3, 0.4) is 0 Å². The maximum atomic E-state index is 12.8. The van der Waals surface area contributed by atoms with Gasteiger partial charge in [0.05, 0.1) is 7.11 Å². The fourth-order valence-corrected chi connectivity index (χ4v) is 4.26. The van der Waals surface area contributed by atoms with Crippen molar-refractivity contribution in [2.75, 3.05) is 14.2 Å². The third kappa shape index (κ3) is 4.67. The monoisotopic (exact) mass is 388 g/mol. The van der Waals surface area contributed by atoms with E-state index in [4.69, 9.17) is 4.74 Å². The van der Waals surface area contributed by atoms with Crippen LogP contribution in [0.4, 0.5) is 0 Å². The highest BCUT2D eigenvalue weighted by Gasteiger charge is 2.30. The number of hydrogen-bond donors (Lipinski definition) is 1. The lowest BCUT2D eigenvalue weighted by Crippen LogP contribution is -2.28. The number of nitrogens with one attached hydrogen (secondary N) is 1. The van der Waals surface area contributed by atoms with Gasteiger partial charge in [-0.2, -0.15) is 0 Å². The highest BCUT2D eigenvalue weighted by Crippen LogP contribution is 2.28. The summed E-state index contributed by atoms with van der Waals surface area (Å²) < 4.78 is 33.0. The van der Waals surface area contributed by atoms with Gasteiger partial charge in [0, 0.05) is 25.2 Å². The maximum Gasteiger partial charge on any atom is 0.253 e. The molecule has 7 heteroatoms. The highest BCUT2D eigenvalue weighted by molar-refractivity contribution is 7.89. The SMILES string of the molecule is COc1ccc(C(=O)N(C)Cc2ccc(C)cc2)cc1S(=O)(=O)NC1CC1. The van der Waals surface area contributed by atoms with Crippen LogP contribution in [0, 0.1) is 6.92 Å². The van der Waals surface area contributed by atoms with E-state index in [-0.39, 0.29) is 22.6 Å². The number of hydrogen-bond acceptors (Lipinski definition) is 4. The van der Waals surface area contributed by atoms with E-state index in [1.165, 1.54) is 19.2 Å². The van der Waals surface area contributed by atoms with E-state index >= 15 is 0 Å². The van der Waals surface area contributed by atoms with E-state index in [9.17, 15) is 13.2 Å². The summed E-state index contributed by atoms with van der Waals surface area (Å²) in [4.78, 5) is 14.4. The summed E-state index contributed by atoms with van der Waals surface area (Å²) in [6, 6.07) is 12.4. The molecule has 1 saturated carbocycles. The second-order valence-corrected chi connectivity index (χ2v) is 8.59. The Bertz CT molecular complexity index is 935. The van der Waals surface area contributed by atoms with Crippen LogP contribution in [-0.4, -0.2) is 39.4 Å². The van der Waals surface area contributed by atoms with Gasteiger partial charge in [0.2, 0.25) is 10.0 Å². The largest absolute Gasteiger partial charge is 0.495 e. The number of sulfonamides is 1. The predicted molar refractivity (Wildman–Crippen MR) is 103 cm³/mol. The minimum absolute atomic E-state index is 0.00788. The fraction of sp³-hybridized carbons (Fsp3) is 0.350. The predicted octanol–water partition coefficient (Wildman–Crippen LogP) is 2.72. The van der Waals surface area contributed by atoms with Crippen molar-refractivity contribution in [3.8, 4) is 5.75 Å². The number of benzene rings is 2. The van der Waals surface area contributed by atoms with E-state index in [0.717, 1.165) is 24.0 Å². The number of aryl methyl sites for hydroxylation is 1. The quantitative estimate of drug-likeness (QED) is 0.791. The minimum atomic E-state index is -3.73. The molecule has 1 aliphatic rings. The molecule has 27 heavy (non-hydrogen) atoms. The molecule has 0 spiro atoms. The smallest absolute Gasteiger partial charge is 0.253 e. The number of rotatable bonds is 7. The van der Waals surface area contributed by atoms with Gasteiger partial charge in [-0.1, -0.05) is 29.8 Å². The Labute approximate surface area is 160 Å². The van der Waals surface area contributed by atoms with Crippen molar-refractivity contribution in [2.45, 2.75) is 37.2 Å². The molecule has 0 unspecified atom stereocenters. The van der Waals surface area contributed by atoms with Crippen LogP contribution in [0.2, 0.25) is 0 Å². The van der Waals surface area contributed by atoms with Crippen molar-refractivity contribution in [1.29, 1.82) is 0 Å². The summed E-state index contributed by atoms with van der Waals surface area (Å²) in [6.45, 7) is 2.45. The van der Waals surface area contributed by atoms with Gasteiger partial charge < -0.3 is 9.64 Å². The van der Waals surface area contributed by atoms with Crippen LogP contribution in [0.25, 0.3) is 0 Å². The average Bonchev–Trinajstić information content (AvgIpc) is 3.45. The van der Waals surface area contributed by atoms with Gasteiger partial charge in [0.1, 0.15) is 10.6 Å². The molecule has 1 fully saturated rings. The summed E-state index contributed by atoms with van der Waals surface area (Å²) in [5.74, 6) is -0.0259. The molecule has 1 amide bonds. The molecular weight excluding hydrogens is 364 g/mol. The van der Waals surface area contributed by atoms with Crippen LogP contribution >= 0.6 is 0 Å². The minimum Gasteiger partial charge on any atom is -0.495 e. The molecule has 1 N–H and O–H groups in total. The van der Waals surface area contributed by atoms with Gasteiger partial charge in [-0.3, -0.25) is 4.79 Å². The lowest BCUT2D eigenvalue weighted by atomic mass is 10.1. The van der Waals surface area contributed by atoms with Crippen molar-refractivity contribution in [3.05, 3.63) is 59.2 Å². The number of nitrogens with zero attached hydrogens (tertiary/aromatic N) is 1. The Morgan fingerprint density at radius 3 is 2.44 bits per heavy atom. The number of carbonyl (C=O) groups is 1. The first-order chi connectivity index (χ1) is 12.8. The summed E-state index contributed by atoms with van der Waals surface area (Å²) in [7, 11) is -0.620. The third-order valence-corrected chi connectivity index (χ3v) is 6.03. The molecule has 0 radical (unpaired) electrons. The van der Waals surface area contributed by atoms with Crippen molar-refractivity contribution >= 4 is 15.9 Å². The van der Waals surface area contributed by atoms with Gasteiger partial charge in [0.25, 0.3) is 5.91 Å². The summed E-state index contributed by atoms with van der Waals surface area (Å²) in [6.07, 6.45) is 1.67. The van der Waals surface area contributed by atoms with Gasteiger partial charge in [-0.05, 0) is 43.5 Å². The second-order valence-electron chi connectivity index (χ2n) is 6.91. The molecule has 0 aliphatic heterocycles.